The van der Waals surface area contributed by atoms with Crippen LogP contribution in [0.3, 0.4) is 0 Å². The van der Waals surface area contributed by atoms with Crippen molar-refractivity contribution in [2.24, 2.45) is 0 Å². The molecule has 3 aromatic rings. The maximum Gasteiger partial charge on any atom is 0.301 e. The molecular formula is C24H22N2O7. The summed E-state index contributed by atoms with van der Waals surface area (Å²) in [4.78, 5) is 27.5. The zero-order chi connectivity index (χ0) is 23.7. The third-order valence-electron chi connectivity index (χ3n) is 5.40. The first-order chi connectivity index (χ1) is 15.9. The fraction of sp³-hybridized carbons (Fsp3) is 0.208. The Morgan fingerprint density at radius 1 is 0.970 bits per heavy atom. The predicted molar refractivity (Wildman–Crippen MR) is 119 cm³/mol. The van der Waals surface area contributed by atoms with Gasteiger partial charge in [0.2, 0.25) is 0 Å². The number of amides is 1. The maximum atomic E-state index is 13.2. The lowest BCUT2D eigenvalue weighted by molar-refractivity contribution is -0.132. The molecule has 9 heteroatoms. The van der Waals surface area contributed by atoms with Crippen molar-refractivity contribution >= 4 is 23.3 Å². The lowest BCUT2D eigenvalue weighted by atomic mass is 9.94. The molecule has 0 aliphatic carbocycles. The number of hydrogen-bond acceptors (Lipinski definition) is 8. The van der Waals surface area contributed by atoms with Gasteiger partial charge in [0.05, 0.1) is 26.9 Å². The number of aliphatic hydroxyl groups excluding tert-OH is 1. The molecule has 0 saturated carbocycles. The van der Waals surface area contributed by atoms with E-state index in [1.165, 1.54) is 32.3 Å². The number of aryl methyl sites for hydroxylation is 1. The van der Waals surface area contributed by atoms with Gasteiger partial charge in [-0.05, 0) is 49.4 Å². The minimum absolute atomic E-state index is 0.114. The summed E-state index contributed by atoms with van der Waals surface area (Å²) >= 11 is 0. The van der Waals surface area contributed by atoms with Gasteiger partial charge >= 0.3 is 5.91 Å². The van der Waals surface area contributed by atoms with Crippen molar-refractivity contribution in [3.05, 3.63) is 71.0 Å². The first-order valence-corrected chi connectivity index (χ1v) is 10.00. The monoisotopic (exact) mass is 450 g/mol. The molecule has 2 aromatic carbocycles. The highest BCUT2D eigenvalue weighted by Gasteiger charge is 2.49. The average Bonchev–Trinajstić information content (AvgIpc) is 3.38. The number of hydrogen-bond donors (Lipinski definition) is 1. The summed E-state index contributed by atoms with van der Waals surface area (Å²) in [6.07, 6.45) is 0. The van der Waals surface area contributed by atoms with E-state index in [1.54, 1.807) is 49.4 Å². The standard InChI is InChI=1S/C24H22N2O7/c1-13-11-19(25-33-13)26-21(17-12-16(31-3)9-10-18(17)32-4)20(23(28)24(26)29)22(27)14-5-7-15(30-2)8-6-14/h5-12,21,27H,1-4H3/b22-20+/t21-/m1/s1. The van der Waals surface area contributed by atoms with Gasteiger partial charge in [-0.25, -0.2) is 0 Å². The Morgan fingerprint density at radius 2 is 1.64 bits per heavy atom. The van der Waals surface area contributed by atoms with Crippen LogP contribution in [0.25, 0.3) is 5.76 Å². The predicted octanol–water partition coefficient (Wildman–Crippen LogP) is 3.64. The fourth-order valence-electron chi connectivity index (χ4n) is 3.79. The van der Waals surface area contributed by atoms with Gasteiger partial charge in [0.25, 0.3) is 5.78 Å². The highest BCUT2D eigenvalue weighted by Crippen LogP contribution is 2.45. The molecule has 2 heterocycles. The van der Waals surface area contributed by atoms with Crippen molar-refractivity contribution in [3.63, 3.8) is 0 Å². The Labute approximate surface area is 189 Å². The summed E-state index contributed by atoms with van der Waals surface area (Å²) in [5.41, 5.74) is 0.668. The van der Waals surface area contributed by atoms with Crippen LogP contribution in [0.5, 0.6) is 17.2 Å². The largest absolute Gasteiger partial charge is 0.507 e. The normalized spacial score (nSPS) is 17.3. The Kier molecular flexibility index (Phi) is 5.78. The molecule has 0 spiro atoms. The summed E-state index contributed by atoms with van der Waals surface area (Å²) in [5.74, 6) is -0.000794. The lowest BCUT2D eigenvalue weighted by Crippen LogP contribution is -2.30. The molecular weight excluding hydrogens is 428 g/mol. The molecule has 1 atom stereocenters. The Hall–Kier alpha value is -4.27. The summed E-state index contributed by atoms with van der Waals surface area (Å²) in [5, 5.41) is 15.1. The first-order valence-electron chi connectivity index (χ1n) is 10.00. The first kappa shape index (κ1) is 21.9. The van der Waals surface area contributed by atoms with E-state index < -0.39 is 17.7 Å². The number of carbonyl (C=O) groups excluding carboxylic acids is 2. The number of nitrogens with zero attached hydrogens (tertiary/aromatic N) is 2. The van der Waals surface area contributed by atoms with E-state index in [-0.39, 0.29) is 17.2 Å². The molecule has 1 aliphatic heterocycles. The zero-order valence-electron chi connectivity index (χ0n) is 18.5. The number of Topliss-reactive ketones (excluding diaryl/α,β-unsaturated/α-hetero) is 1. The van der Waals surface area contributed by atoms with Crippen molar-refractivity contribution in [3.8, 4) is 17.2 Å². The van der Waals surface area contributed by atoms with Gasteiger partial charge in [0.1, 0.15) is 34.8 Å². The van der Waals surface area contributed by atoms with E-state index in [1.807, 2.05) is 0 Å². The molecule has 1 saturated heterocycles. The smallest absolute Gasteiger partial charge is 0.301 e. The molecule has 33 heavy (non-hydrogen) atoms. The summed E-state index contributed by atoms with van der Waals surface area (Å²) in [6, 6.07) is 12.0. The van der Waals surface area contributed by atoms with Gasteiger partial charge in [0, 0.05) is 17.2 Å². The van der Waals surface area contributed by atoms with Crippen LogP contribution >= 0.6 is 0 Å². The third kappa shape index (κ3) is 3.78. The summed E-state index contributed by atoms with van der Waals surface area (Å²) < 4.78 is 21.2. The molecule has 1 N–H and O–H groups in total. The number of ketones is 1. The molecule has 0 unspecified atom stereocenters. The number of benzene rings is 2. The molecule has 1 amide bonds. The van der Waals surface area contributed by atoms with E-state index in [2.05, 4.69) is 5.16 Å². The van der Waals surface area contributed by atoms with Crippen LogP contribution in [0.4, 0.5) is 5.82 Å². The van der Waals surface area contributed by atoms with E-state index in [0.717, 1.165) is 0 Å². The fourth-order valence-corrected chi connectivity index (χ4v) is 3.79. The van der Waals surface area contributed by atoms with E-state index in [9.17, 15) is 14.7 Å². The number of ether oxygens (including phenoxy) is 3. The highest BCUT2D eigenvalue weighted by molar-refractivity contribution is 6.51. The van der Waals surface area contributed by atoms with Crippen LogP contribution in [-0.4, -0.2) is 43.3 Å². The van der Waals surface area contributed by atoms with Gasteiger partial charge in [0.15, 0.2) is 5.82 Å². The molecule has 0 radical (unpaired) electrons. The van der Waals surface area contributed by atoms with Crippen LogP contribution in [0, 0.1) is 6.92 Å². The Bertz CT molecular complexity index is 1240. The second-order valence-corrected chi connectivity index (χ2v) is 7.30. The maximum absolute atomic E-state index is 13.2. The molecule has 170 valence electrons. The summed E-state index contributed by atoms with van der Waals surface area (Å²) in [7, 11) is 4.50. The number of methoxy groups -OCH3 is 3. The Balaban J connectivity index is 1.98. The van der Waals surface area contributed by atoms with E-state index >= 15 is 0 Å². The van der Waals surface area contributed by atoms with Crippen molar-refractivity contribution < 1.29 is 33.4 Å². The minimum atomic E-state index is -1.04. The second-order valence-electron chi connectivity index (χ2n) is 7.30. The second kappa shape index (κ2) is 8.70. The van der Waals surface area contributed by atoms with Gasteiger partial charge in [-0.3, -0.25) is 14.5 Å². The van der Waals surface area contributed by atoms with E-state index in [4.69, 9.17) is 18.7 Å². The minimum Gasteiger partial charge on any atom is -0.507 e. The van der Waals surface area contributed by atoms with Gasteiger partial charge < -0.3 is 23.8 Å². The number of rotatable bonds is 6. The molecule has 1 aromatic heterocycles. The molecule has 1 aliphatic rings. The van der Waals surface area contributed by atoms with Crippen molar-refractivity contribution in [1.82, 2.24) is 5.16 Å². The molecule has 1 fully saturated rings. The van der Waals surface area contributed by atoms with Gasteiger partial charge in [-0.1, -0.05) is 5.16 Å². The van der Waals surface area contributed by atoms with Crippen molar-refractivity contribution in [2.45, 2.75) is 13.0 Å². The Morgan fingerprint density at radius 3 is 2.21 bits per heavy atom. The highest BCUT2D eigenvalue weighted by atomic mass is 16.5. The van der Waals surface area contributed by atoms with Crippen LogP contribution in [-0.2, 0) is 9.59 Å². The summed E-state index contributed by atoms with van der Waals surface area (Å²) in [6.45, 7) is 1.67. The van der Waals surface area contributed by atoms with Crippen LogP contribution in [0.1, 0.15) is 22.9 Å². The topological polar surface area (TPSA) is 111 Å². The average molecular weight is 450 g/mol. The van der Waals surface area contributed by atoms with Crippen LogP contribution in [0.15, 0.2) is 58.6 Å². The van der Waals surface area contributed by atoms with E-state index in [0.29, 0.717) is 34.1 Å². The van der Waals surface area contributed by atoms with Gasteiger partial charge in [-0.2, -0.15) is 0 Å². The van der Waals surface area contributed by atoms with Crippen LogP contribution in [0.2, 0.25) is 0 Å². The molecule has 4 rings (SSSR count). The quantitative estimate of drug-likeness (QED) is 0.344. The number of carbonyl (C=O) groups is 2. The molecule has 0 bridgehead atoms. The number of aromatic nitrogens is 1. The SMILES string of the molecule is COc1ccc(/C(O)=C2\C(=O)C(=O)N(c3cc(C)on3)[C@@H]2c2cc(OC)ccc2OC)cc1. The van der Waals surface area contributed by atoms with Gasteiger partial charge in [-0.15, -0.1) is 0 Å². The number of aliphatic hydroxyl groups is 1. The van der Waals surface area contributed by atoms with Crippen molar-refractivity contribution in [1.29, 1.82) is 0 Å². The van der Waals surface area contributed by atoms with Crippen LogP contribution < -0.4 is 19.1 Å². The zero-order valence-corrected chi connectivity index (χ0v) is 18.5. The lowest BCUT2D eigenvalue weighted by Gasteiger charge is -2.24. The van der Waals surface area contributed by atoms with Crippen molar-refractivity contribution in [2.75, 3.05) is 26.2 Å². The number of anilines is 1. The third-order valence-corrected chi connectivity index (χ3v) is 5.40. The molecule has 9 nitrogen and oxygen atoms in total.